The Hall–Kier alpha value is -3.14. The van der Waals surface area contributed by atoms with Crippen LogP contribution in [0.25, 0.3) is 0 Å². The van der Waals surface area contributed by atoms with Crippen molar-refractivity contribution < 1.29 is 47.6 Å². The maximum atomic E-state index is 11.8. The normalized spacial score (nSPS) is 25.1. The average Bonchev–Trinajstić information content (AvgIpc) is 2.65. The topological polar surface area (TPSA) is 124 Å². The van der Waals surface area contributed by atoms with E-state index in [9.17, 15) is 19.2 Å². The Morgan fingerprint density at radius 2 is 1.29 bits per heavy atom. The predicted octanol–water partition coefficient (Wildman–Crippen LogP) is 1.46. The van der Waals surface area contributed by atoms with E-state index >= 15 is 0 Å². The number of carbonyl (C=O) groups excluding carboxylic acids is 4. The lowest BCUT2D eigenvalue weighted by Crippen LogP contribution is -2.63. The summed E-state index contributed by atoms with van der Waals surface area (Å²) in [6, 6.07) is 6.98. The van der Waals surface area contributed by atoms with E-state index in [0.717, 1.165) is 19.4 Å². The summed E-state index contributed by atoms with van der Waals surface area (Å²) in [4.78, 5) is 46.6. The average molecular weight is 438 g/mol. The Kier molecular flexibility index (Phi) is 8.38. The van der Waals surface area contributed by atoms with Crippen LogP contribution in [0, 0.1) is 6.92 Å². The molecule has 0 amide bonds. The van der Waals surface area contributed by atoms with Gasteiger partial charge in [-0.25, -0.2) is 0 Å². The van der Waals surface area contributed by atoms with Gasteiger partial charge in [-0.2, -0.15) is 0 Å². The molecule has 1 saturated heterocycles. The number of aryl methyl sites for hydroxylation is 1. The smallest absolute Gasteiger partial charge is 0.303 e. The van der Waals surface area contributed by atoms with Crippen molar-refractivity contribution in [3.05, 3.63) is 29.8 Å². The molecule has 2 rings (SSSR count). The summed E-state index contributed by atoms with van der Waals surface area (Å²) < 4.78 is 32.7. The van der Waals surface area contributed by atoms with Crippen LogP contribution in [0.3, 0.4) is 0 Å². The number of hydrogen-bond donors (Lipinski definition) is 0. The SMILES string of the molecule is CC(=O)OC[C@@H]1O[C@H](Oc2ccc(C)cc2)[C@@H](OC(C)=O)[C@@H](OC(C)=O)[C@@H]1OC(C)=O. The maximum absolute atomic E-state index is 11.8. The summed E-state index contributed by atoms with van der Waals surface area (Å²) in [6.07, 6.45) is -6.05. The first-order chi connectivity index (χ1) is 14.6. The van der Waals surface area contributed by atoms with Crippen molar-refractivity contribution in [3.63, 3.8) is 0 Å². The second-order valence-corrected chi connectivity index (χ2v) is 7.00. The maximum Gasteiger partial charge on any atom is 0.303 e. The van der Waals surface area contributed by atoms with Gasteiger partial charge in [0, 0.05) is 27.7 Å². The highest BCUT2D eigenvalue weighted by molar-refractivity contribution is 5.68. The zero-order valence-electron chi connectivity index (χ0n) is 18.0. The van der Waals surface area contributed by atoms with Gasteiger partial charge in [0.2, 0.25) is 12.4 Å². The lowest BCUT2D eigenvalue weighted by molar-refractivity contribution is -0.288. The van der Waals surface area contributed by atoms with E-state index in [0.29, 0.717) is 5.75 Å². The van der Waals surface area contributed by atoms with E-state index in [1.54, 1.807) is 24.3 Å². The van der Waals surface area contributed by atoms with Crippen molar-refractivity contribution in [1.82, 2.24) is 0 Å². The molecule has 1 heterocycles. The molecular formula is C21H26O10. The first-order valence-corrected chi connectivity index (χ1v) is 9.60. The molecule has 0 saturated carbocycles. The summed E-state index contributed by atoms with van der Waals surface area (Å²) in [5, 5.41) is 0. The number of benzene rings is 1. The molecule has 1 aromatic rings. The van der Waals surface area contributed by atoms with Crippen molar-refractivity contribution in [2.24, 2.45) is 0 Å². The summed E-state index contributed by atoms with van der Waals surface area (Å²) in [5.41, 5.74) is 0.994. The molecule has 170 valence electrons. The summed E-state index contributed by atoms with van der Waals surface area (Å²) >= 11 is 0. The van der Waals surface area contributed by atoms with Crippen LogP contribution in [-0.2, 0) is 42.9 Å². The number of carbonyl (C=O) groups is 4. The standard InChI is InChI=1S/C21H26O10/c1-11-6-8-16(9-7-11)30-21-20(29-15(5)25)19(28-14(4)24)18(27-13(3)23)17(31-21)10-26-12(2)22/h6-9,17-21H,10H2,1-5H3/t17-,18+,19-,20-,21-/m0/s1. The van der Waals surface area contributed by atoms with Crippen LogP contribution >= 0.6 is 0 Å². The molecule has 1 aliphatic heterocycles. The summed E-state index contributed by atoms with van der Waals surface area (Å²) in [6.45, 7) is 6.27. The van der Waals surface area contributed by atoms with Gasteiger partial charge in [-0.3, -0.25) is 19.2 Å². The van der Waals surface area contributed by atoms with Gasteiger partial charge < -0.3 is 28.4 Å². The highest BCUT2D eigenvalue weighted by Gasteiger charge is 2.53. The van der Waals surface area contributed by atoms with Crippen LogP contribution in [0.2, 0.25) is 0 Å². The van der Waals surface area contributed by atoms with E-state index in [1.165, 1.54) is 13.8 Å². The third-order valence-electron chi connectivity index (χ3n) is 4.22. The van der Waals surface area contributed by atoms with Crippen LogP contribution in [-0.4, -0.2) is 61.2 Å². The van der Waals surface area contributed by atoms with Crippen LogP contribution in [0.4, 0.5) is 0 Å². The highest BCUT2D eigenvalue weighted by Crippen LogP contribution is 2.31. The Morgan fingerprint density at radius 3 is 1.81 bits per heavy atom. The van der Waals surface area contributed by atoms with Gasteiger partial charge >= 0.3 is 23.9 Å². The van der Waals surface area contributed by atoms with Crippen LogP contribution < -0.4 is 4.74 Å². The summed E-state index contributed by atoms with van der Waals surface area (Å²) in [5.74, 6) is -2.29. The molecular weight excluding hydrogens is 412 g/mol. The van der Waals surface area contributed by atoms with Gasteiger partial charge in [0.1, 0.15) is 18.5 Å². The third-order valence-corrected chi connectivity index (χ3v) is 4.22. The van der Waals surface area contributed by atoms with Gasteiger partial charge in [-0.05, 0) is 19.1 Å². The van der Waals surface area contributed by atoms with Crippen molar-refractivity contribution in [2.75, 3.05) is 6.61 Å². The minimum atomic E-state index is -1.27. The van der Waals surface area contributed by atoms with Gasteiger partial charge in [0.25, 0.3) is 0 Å². The van der Waals surface area contributed by atoms with Crippen molar-refractivity contribution in [3.8, 4) is 5.75 Å². The molecule has 5 atom stereocenters. The molecule has 0 unspecified atom stereocenters. The van der Waals surface area contributed by atoms with Crippen molar-refractivity contribution in [2.45, 2.75) is 65.3 Å². The molecule has 10 nitrogen and oxygen atoms in total. The van der Waals surface area contributed by atoms with E-state index in [-0.39, 0.29) is 6.61 Å². The zero-order valence-corrected chi connectivity index (χ0v) is 18.0. The molecule has 0 bridgehead atoms. The van der Waals surface area contributed by atoms with Crippen molar-refractivity contribution >= 4 is 23.9 Å². The Morgan fingerprint density at radius 1 is 0.774 bits per heavy atom. The van der Waals surface area contributed by atoms with Crippen LogP contribution in [0.5, 0.6) is 5.75 Å². The number of hydrogen-bond acceptors (Lipinski definition) is 10. The third kappa shape index (κ3) is 7.25. The number of ether oxygens (including phenoxy) is 6. The lowest BCUT2D eigenvalue weighted by Gasteiger charge is -2.43. The molecule has 0 radical (unpaired) electrons. The Balaban J connectivity index is 2.43. The van der Waals surface area contributed by atoms with E-state index in [4.69, 9.17) is 28.4 Å². The minimum Gasteiger partial charge on any atom is -0.463 e. The molecule has 0 aliphatic carbocycles. The lowest BCUT2D eigenvalue weighted by atomic mass is 9.98. The fourth-order valence-corrected chi connectivity index (χ4v) is 3.03. The molecule has 0 aromatic heterocycles. The monoisotopic (exact) mass is 438 g/mol. The van der Waals surface area contributed by atoms with Gasteiger partial charge in [0.15, 0.2) is 12.2 Å². The molecule has 1 aromatic carbocycles. The molecule has 1 fully saturated rings. The quantitative estimate of drug-likeness (QED) is 0.456. The Labute approximate surface area is 179 Å². The summed E-state index contributed by atoms with van der Waals surface area (Å²) in [7, 11) is 0. The molecule has 1 aliphatic rings. The fraction of sp³-hybridized carbons (Fsp3) is 0.524. The van der Waals surface area contributed by atoms with E-state index < -0.39 is 54.6 Å². The van der Waals surface area contributed by atoms with Crippen LogP contribution in [0.15, 0.2) is 24.3 Å². The van der Waals surface area contributed by atoms with Gasteiger partial charge in [0.05, 0.1) is 0 Å². The number of esters is 4. The first kappa shape index (κ1) is 24.1. The largest absolute Gasteiger partial charge is 0.463 e. The fourth-order valence-electron chi connectivity index (χ4n) is 3.03. The molecule has 0 N–H and O–H groups in total. The predicted molar refractivity (Wildman–Crippen MR) is 104 cm³/mol. The number of rotatable bonds is 7. The van der Waals surface area contributed by atoms with Gasteiger partial charge in [-0.15, -0.1) is 0 Å². The van der Waals surface area contributed by atoms with Crippen LogP contribution in [0.1, 0.15) is 33.3 Å². The second-order valence-electron chi connectivity index (χ2n) is 7.00. The van der Waals surface area contributed by atoms with Crippen molar-refractivity contribution in [1.29, 1.82) is 0 Å². The zero-order chi connectivity index (χ0) is 23.1. The minimum absolute atomic E-state index is 0.314. The molecule has 10 heteroatoms. The first-order valence-electron chi connectivity index (χ1n) is 9.60. The molecule has 0 spiro atoms. The second kappa shape index (κ2) is 10.8. The van der Waals surface area contributed by atoms with Gasteiger partial charge in [-0.1, -0.05) is 17.7 Å². The highest BCUT2D eigenvalue weighted by atomic mass is 16.7. The van der Waals surface area contributed by atoms with E-state index in [2.05, 4.69) is 0 Å². The molecule has 31 heavy (non-hydrogen) atoms. The van der Waals surface area contributed by atoms with E-state index in [1.807, 2.05) is 6.92 Å². The Bertz CT molecular complexity index is 803.